The van der Waals surface area contributed by atoms with Gasteiger partial charge in [0.25, 0.3) is 5.91 Å². The lowest BCUT2D eigenvalue weighted by atomic mass is 10.1. The molecule has 2 rings (SSSR count). The highest BCUT2D eigenvalue weighted by Crippen LogP contribution is 2.32. The van der Waals surface area contributed by atoms with Gasteiger partial charge in [-0.25, -0.2) is 4.79 Å². The van der Waals surface area contributed by atoms with Gasteiger partial charge >= 0.3 is 5.97 Å². The highest BCUT2D eigenvalue weighted by Gasteiger charge is 2.14. The Hall–Kier alpha value is -2.04. The molecule has 0 spiro atoms. The van der Waals surface area contributed by atoms with Gasteiger partial charge in [0.2, 0.25) is 0 Å². The van der Waals surface area contributed by atoms with Crippen LogP contribution in [0.25, 0.3) is 0 Å². The van der Waals surface area contributed by atoms with E-state index in [0.29, 0.717) is 21.3 Å². The van der Waals surface area contributed by atoms with E-state index in [1.54, 1.807) is 31.2 Å². The van der Waals surface area contributed by atoms with E-state index in [0.717, 1.165) is 16.7 Å². The van der Waals surface area contributed by atoms with Crippen LogP contribution in [0, 0.1) is 20.8 Å². The van der Waals surface area contributed by atoms with E-state index >= 15 is 0 Å². The second-order valence-electron chi connectivity index (χ2n) is 5.55. The van der Waals surface area contributed by atoms with Crippen LogP contribution in [0.3, 0.4) is 0 Å². The number of carbonyl (C=O) groups is 2. The number of ether oxygens (including phenoxy) is 1. The minimum absolute atomic E-state index is 0.311. The lowest BCUT2D eigenvalue weighted by molar-refractivity contribution is -0.119. The minimum Gasteiger partial charge on any atom is -0.452 e. The van der Waals surface area contributed by atoms with Gasteiger partial charge in [-0.3, -0.25) is 4.79 Å². The number of anilines is 1. The van der Waals surface area contributed by atoms with Crippen molar-refractivity contribution in [2.75, 3.05) is 11.9 Å². The van der Waals surface area contributed by atoms with Gasteiger partial charge in [-0.15, -0.1) is 0 Å². The van der Waals surface area contributed by atoms with Crippen molar-refractivity contribution in [3.05, 3.63) is 62.6 Å². The van der Waals surface area contributed by atoms with Gasteiger partial charge in [0.1, 0.15) is 0 Å². The summed E-state index contributed by atoms with van der Waals surface area (Å²) in [5, 5.41) is 3.25. The van der Waals surface area contributed by atoms with Crippen LogP contribution in [-0.2, 0) is 9.53 Å². The molecule has 0 saturated heterocycles. The van der Waals surface area contributed by atoms with Crippen LogP contribution in [0.5, 0.6) is 0 Å². The Morgan fingerprint density at radius 1 is 1.04 bits per heavy atom. The van der Waals surface area contributed by atoms with Crippen LogP contribution in [0.1, 0.15) is 27.0 Å². The number of amides is 1. The first-order valence-electron chi connectivity index (χ1n) is 7.28. The summed E-state index contributed by atoms with van der Waals surface area (Å²) >= 11 is 12.2. The summed E-state index contributed by atoms with van der Waals surface area (Å²) in [5.74, 6) is -1.07. The van der Waals surface area contributed by atoms with Crippen molar-refractivity contribution in [1.82, 2.24) is 0 Å². The maximum Gasteiger partial charge on any atom is 0.338 e. The van der Waals surface area contributed by atoms with Crippen LogP contribution in [-0.4, -0.2) is 18.5 Å². The SMILES string of the molecule is Cc1cc(C)cc(C(=O)OCC(=O)Nc2c(Cl)ccc(C)c2Cl)c1. The van der Waals surface area contributed by atoms with Crippen LogP contribution in [0.2, 0.25) is 10.0 Å². The summed E-state index contributed by atoms with van der Waals surface area (Å²) in [5.41, 5.74) is 3.40. The fourth-order valence-electron chi connectivity index (χ4n) is 2.25. The zero-order chi connectivity index (χ0) is 17.9. The van der Waals surface area contributed by atoms with E-state index in [9.17, 15) is 9.59 Å². The molecule has 0 bridgehead atoms. The Labute approximate surface area is 150 Å². The lowest BCUT2D eigenvalue weighted by Gasteiger charge is -2.11. The van der Waals surface area contributed by atoms with Gasteiger partial charge in [0.15, 0.2) is 6.61 Å². The highest BCUT2D eigenvalue weighted by molar-refractivity contribution is 6.40. The molecule has 0 radical (unpaired) electrons. The molecule has 0 heterocycles. The number of benzene rings is 2. The summed E-state index contributed by atoms with van der Waals surface area (Å²) in [7, 11) is 0. The van der Waals surface area contributed by atoms with Crippen molar-refractivity contribution in [1.29, 1.82) is 0 Å². The molecule has 1 amide bonds. The molecule has 1 N–H and O–H groups in total. The average molecular weight is 366 g/mol. The van der Waals surface area contributed by atoms with E-state index in [4.69, 9.17) is 27.9 Å². The molecule has 0 saturated carbocycles. The topological polar surface area (TPSA) is 55.4 Å². The Bertz CT molecular complexity index is 783. The van der Waals surface area contributed by atoms with Gasteiger partial charge in [0, 0.05) is 0 Å². The van der Waals surface area contributed by atoms with E-state index in [1.807, 2.05) is 19.9 Å². The number of carbonyl (C=O) groups excluding carboxylic acids is 2. The molecular formula is C18H17Cl2NO3. The van der Waals surface area contributed by atoms with Crippen LogP contribution < -0.4 is 5.32 Å². The minimum atomic E-state index is -0.557. The predicted molar refractivity (Wildman–Crippen MR) is 96.0 cm³/mol. The van der Waals surface area contributed by atoms with Crippen molar-refractivity contribution in [3.63, 3.8) is 0 Å². The molecule has 4 nitrogen and oxygen atoms in total. The number of hydrogen-bond donors (Lipinski definition) is 1. The summed E-state index contributed by atoms with van der Waals surface area (Å²) in [4.78, 5) is 24.0. The standard InChI is InChI=1S/C18H17Cl2NO3/c1-10-6-11(2)8-13(7-10)18(23)24-9-15(22)21-17-14(19)5-4-12(3)16(17)20/h4-8H,9H2,1-3H3,(H,21,22). The Kier molecular flexibility index (Phi) is 5.86. The fourth-order valence-corrected chi connectivity index (χ4v) is 2.72. The summed E-state index contributed by atoms with van der Waals surface area (Å²) in [6, 6.07) is 8.76. The molecule has 126 valence electrons. The van der Waals surface area contributed by atoms with Crippen molar-refractivity contribution in [2.45, 2.75) is 20.8 Å². The monoisotopic (exact) mass is 365 g/mol. The second kappa shape index (κ2) is 7.69. The van der Waals surface area contributed by atoms with Crippen LogP contribution in [0.15, 0.2) is 30.3 Å². The Morgan fingerprint density at radius 3 is 2.29 bits per heavy atom. The van der Waals surface area contributed by atoms with Gasteiger partial charge in [-0.05, 0) is 44.5 Å². The van der Waals surface area contributed by atoms with Crippen LogP contribution >= 0.6 is 23.2 Å². The van der Waals surface area contributed by atoms with E-state index in [2.05, 4.69) is 5.32 Å². The third kappa shape index (κ3) is 4.49. The molecule has 0 unspecified atom stereocenters. The van der Waals surface area contributed by atoms with E-state index in [1.165, 1.54) is 0 Å². The first-order chi connectivity index (χ1) is 11.3. The number of rotatable bonds is 4. The molecule has 0 atom stereocenters. The van der Waals surface area contributed by atoms with Gasteiger partial charge in [0.05, 0.1) is 21.3 Å². The summed E-state index contributed by atoms with van der Waals surface area (Å²) in [6.45, 7) is 5.15. The van der Waals surface area contributed by atoms with Crippen molar-refractivity contribution < 1.29 is 14.3 Å². The lowest BCUT2D eigenvalue weighted by Crippen LogP contribution is -2.21. The molecule has 2 aromatic rings. The molecule has 0 aromatic heterocycles. The van der Waals surface area contributed by atoms with Crippen molar-refractivity contribution in [3.8, 4) is 0 Å². The summed E-state index contributed by atoms with van der Waals surface area (Å²) < 4.78 is 5.04. The zero-order valence-corrected chi connectivity index (χ0v) is 15.1. The van der Waals surface area contributed by atoms with Crippen LogP contribution in [0.4, 0.5) is 5.69 Å². The molecule has 0 fully saturated rings. The molecule has 6 heteroatoms. The molecular weight excluding hydrogens is 349 g/mol. The van der Waals surface area contributed by atoms with E-state index < -0.39 is 18.5 Å². The third-order valence-corrected chi connectivity index (χ3v) is 4.14. The smallest absolute Gasteiger partial charge is 0.338 e. The molecule has 0 aliphatic carbocycles. The number of hydrogen-bond acceptors (Lipinski definition) is 3. The Balaban J connectivity index is 2.01. The van der Waals surface area contributed by atoms with Gasteiger partial charge in [-0.1, -0.05) is 46.5 Å². The number of nitrogens with one attached hydrogen (secondary N) is 1. The largest absolute Gasteiger partial charge is 0.452 e. The maximum atomic E-state index is 12.0. The number of aryl methyl sites for hydroxylation is 3. The number of halogens is 2. The first kappa shape index (κ1) is 18.3. The maximum absolute atomic E-state index is 12.0. The molecule has 0 aliphatic rings. The predicted octanol–water partition coefficient (Wildman–Crippen LogP) is 4.71. The van der Waals surface area contributed by atoms with E-state index in [-0.39, 0.29) is 0 Å². The fraction of sp³-hybridized carbons (Fsp3) is 0.222. The first-order valence-corrected chi connectivity index (χ1v) is 8.03. The molecule has 2 aromatic carbocycles. The molecule has 0 aliphatic heterocycles. The summed E-state index contributed by atoms with van der Waals surface area (Å²) in [6.07, 6.45) is 0. The third-order valence-electron chi connectivity index (χ3n) is 3.34. The molecule has 24 heavy (non-hydrogen) atoms. The normalized spacial score (nSPS) is 10.4. The number of esters is 1. The van der Waals surface area contributed by atoms with Crippen molar-refractivity contribution >= 4 is 40.8 Å². The second-order valence-corrected chi connectivity index (χ2v) is 6.34. The van der Waals surface area contributed by atoms with Gasteiger partial charge < -0.3 is 10.1 Å². The average Bonchev–Trinajstić information content (AvgIpc) is 2.52. The van der Waals surface area contributed by atoms with Gasteiger partial charge in [-0.2, -0.15) is 0 Å². The zero-order valence-electron chi connectivity index (χ0n) is 13.6. The van der Waals surface area contributed by atoms with Crippen molar-refractivity contribution in [2.24, 2.45) is 0 Å². The quantitative estimate of drug-likeness (QED) is 0.797. The Morgan fingerprint density at radius 2 is 1.67 bits per heavy atom. The highest BCUT2D eigenvalue weighted by atomic mass is 35.5.